The Balaban J connectivity index is 0.957. The van der Waals surface area contributed by atoms with Crippen molar-refractivity contribution in [2.45, 2.75) is 356 Å². The SMILES string of the molecule is N[C@H]1[C@H](OC[C@@H](O)[C@@H](O)[C@H](O)[C@@H](N)CO)O[C@H](CO[C@]2(C(=O)O)C[C@@H](O)[C@@H](O[C@H]3O[C@H]([C@@H](O)CO)[C@@H](O[C@@H]4O[C@H](CO)[C@@H](O)[C@H](O)[C@H]4O)[C@H](O[C@H]4O[C@H]([C@@H](O)CO)[C@@H](O)[C@H](O[C@H]5O[C@H](CO)[C@@H](O[C@@H]6O[C@H](CO)[C@@H](O[C@@H]7O[C@H](CO)[C@H](O[C@H]8O[C@H](CO)[C@H](O)[C@H](O)[C@H]8O)[C@H](O)[C@H]7O)[C@H](O)[C@H]6O)[C@H](O)[C@H]5O)[C@@H]4O[C@H]4O[C@H]([C@@H](O)CO)[C@@H](O)[C@H](O)[C@@H]4O)[C@@H]3O)[C@@H]([C@H](O)CO)O2)[C@@H](O)[C@@H]1O. The number of carboxylic acids is 1. The molecule has 42 N–H and O–H groups in total. The Labute approximate surface area is 744 Å². The van der Waals surface area contributed by atoms with Crippen LogP contribution in [0.5, 0.6) is 0 Å². The van der Waals surface area contributed by atoms with Gasteiger partial charge in [-0.3, -0.25) is 0 Å². The number of aliphatic hydroxyl groups is 37. The summed E-state index contributed by atoms with van der Waals surface area (Å²) in [5.41, 5.74) is 11.6. The smallest absolute Gasteiger partial charge is 0.364 e. The van der Waals surface area contributed by atoms with Crippen LogP contribution in [0.3, 0.4) is 0 Å². The summed E-state index contributed by atoms with van der Waals surface area (Å²) in [4.78, 5) is 13.5. The Morgan fingerprint density at radius 3 is 1.07 bits per heavy atom. The molecule has 10 saturated heterocycles. The molecule has 10 aliphatic rings. The van der Waals surface area contributed by atoms with Gasteiger partial charge in [-0.25, -0.2) is 4.79 Å². The highest BCUT2D eigenvalue weighted by atomic mass is 16.8. The van der Waals surface area contributed by atoms with Crippen molar-refractivity contribution in [2.24, 2.45) is 11.5 Å². The summed E-state index contributed by atoms with van der Waals surface area (Å²) in [6.45, 7) is -14.8. The Morgan fingerprint density at radius 1 is 0.311 bits per heavy atom. The topological polar surface area (TPSA) is 1020 Å². The molecule has 0 saturated carbocycles. The maximum atomic E-state index is 13.5. The van der Waals surface area contributed by atoms with E-state index in [-0.39, 0.29) is 0 Å². The Kier molecular flexibility index (Phi) is 40.6. The van der Waals surface area contributed by atoms with Crippen molar-refractivity contribution in [3.63, 3.8) is 0 Å². The van der Waals surface area contributed by atoms with Crippen molar-refractivity contribution in [3.05, 3.63) is 0 Å². The number of nitrogens with two attached hydrogens (primary N) is 2. The molecule has 0 bridgehead atoms. The average Bonchev–Trinajstić information content (AvgIpc) is 0.743. The van der Waals surface area contributed by atoms with Crippen molar-refractivity contribution in [1.29, 1.82) is 0 Å². The van der Waals surface area contributed by atoms with Crippen LogP contribution in [-0.4, -0.2) is 628 Å². The van der Waals surface area contributed by atoms with Crippen LogP contribution in [0.4, 0.5) is 0 Å². The van der Waals surface area contributed by atoms with Crippen LogP contribution in [0.2, 0.25) is 0 Å². The minimum atomic E-state index is -3.34. The monoisotopic (exact) mass is 1950 g/mol. The van der Waals surface area contributed by atoms with E-state index in [1.165, 1.54) is 0 Å². The summed E-state index contributed by atoms with van der Waals surface area (Å²) in [6.07, 6.45) is -128. The van der Waals surface area contributed by atoms with Gasteiger partial charge in [-0.2, -0.15) is 0 Å². The zero-order valence-electron chi connectivity index (χ0n) is 69.2. The molecule has 0 aromatic heterocycles. The molecular weight excluding hydrogens is 1820 g/mol. The number of hydrogen-bond donors (Lipinski definition) is 40. The minimum Gasteiger partial charge on any atom is -0.477 e. The van der Waals surface area contributed by atoms with Gasteiger partial charge < -0.3 is 300 Å². The van der Waals surface area contributed by atoms with Crippen LogP contribution in [0.25, 0.3) is 0 Å². The molecule has 0 aromatic carbocycles. The fraction of sp³-hybridized carbons (Fsp3) is 0.986. The zero-order valence-corrected chi connectivity index (χ0v) is 69.2. The number of rotatable bonds is 40. The highest BCUT2D eigenvalue weighted by molar-refractivity contribution is 5.76. The first-order valence-electron chi connectivity index (χ1n) is 41.6. The standard InChI is InChI=1S/C71H124N2O59/c72-14(2-74)28(90)29(91)20(89)12-113-61-27(73)33(95)32(94)26(120-61)13-114-71(70(111)112)1-15(84)51(53(132-71)19(88)6-78)123-68-48(110)58(59(52(124-68)18(87)5-77)130-63-42(104)35(97)31(93)22(8-80)116-63)129-69-60(131-67-43(105)36(98)37(99)49(121-67)16(85)3-75)57(47(109)50(122-69)17(86)4-76)128-66-46(108)40(102)56(25(11-83)119-66)127-65-45(107)39(101)55(24(10-82)118-65)126-64-44(106)38(100)54(23(9-81)117-64)125-62-41(103)34(96)30(92)21(7-79)115-62/h14-69,74-110H,1-13,72-73H2,(H,111,112)/t14-,15+,16-,17-,18-,19+,20+,21+,22+,23+,24+,25+,26+,27+,28+,29+,30-,31+,32+,33+,34-,35-,36-,37-,38+,39+,40+,41+,42+,43-,44+,45+,46+,47+,48-,49+,50+,51+,52+,53+,54-,55+,56+,57-,58+,59+,60-,61+,62+,63-,64-,65-,66+,67+,68-,69+,71+/m0/s1. The maximum absolute atomic E-state index is 13.5. The van der Waals surface area contributed by atoms with Crippen molar-refractivity contribution >= 4 is 5.97 Å². The molecule has 772 valence electrons. The molecule has 61 heteroatoms. The number of aliphatic carboxylic acids is 1. The lowest BCUT2D eigenvalue weighted by molar-refractivity contribution is -0.425. The molecule has 10 fully saturated rings. The van der Waals surface area contributed by atoms with Crippen molar-refractivity contribution < 1.29 is 294 Å². The molecule has 10 heterocycles. The van der Waals surface area contributed by atoms with Crippen LogP contribution in [0.1, 0.15) is 6.42 Å². The summed E-state index contributed by atoms with van der Waals surface area (Å²) < 4.78 is 116. The van der Waals surface area contributed by atoms with Crippen LogP contribution in [-0.2, 0) is 99.5 Å². The number of carbonyl (C=O) groups is 1. The van der Waals surface area contributed by atoms with Crippen molar-refractivity contribution in [1.82, 2.24) is 0 Å². The minimum absolute atomic E-state index is 0.862. The fourth-order valence-electron chi connectivity index (χ4n) is 16.5. The van der Waals surface area contributed by atoms with E-state index >= 15 is 0 Å². The van der Waals surface area contributed by atoms with Crippen molar-refractivity contribution in [3.8, 4) is 0 Å². The predicted octanol–water partition coefficient (Wildman–Crippen LogP) is -27.5. The van der Waals surface area contributed by atoms with Gasteiger partial charge in [-0.05, 0) is 0 Å². The van der Waals surface area contributed by atoms with Crippen LogP contribution in [0, 0.1) is 0 Å². The van der Waals surface area contributed by atoms with E-state index in [1.54, 1.807) is 0 Å². The van der Waals surface area contributed by atoms with Gasteiger partial charge in [0.15, 0.2) is 56.6 Å². The lowest BCUT2D eigenvalue weighted by atomic mass is 9.91. The zero-order chi connectivity index (χ0) is 97.7. The highest BCUT2D eigenvalue weighted by Crippen LogP contribution is 2.44. The largest absolute Gasteiger partial charge is 0.477 e. The number of aliphatic hydroxyl groups excluding tert-OH is 37. The molecular formula is C71H124N2O59. The van der Waals surface area contributed by atoms with E-state index in [4.69, 9.17) is 106 Å². The Morgan fingerprint density at radius 2 is 0.636 bits per heavy atom. The third-order valence-corrected chi connectivity index (χ3v) is 24.4. The van der Waals surface area contributed by atoms with Crippen molar-refractivity contribution in [2.75, 3.05) is 79.3 Å². The second-order valence-electron chi connectivity index (χ2n) is 33.2. The van der Waals surface area contributed by atoms with E-state index in [9.17, 15) is 199 Å². The number of ether oxygens (including phenoxy) is 20. The summed E-state index contributed by atoms with van der Waals surface area (Å²) in [5, 5.41) is 420. The first kappa shape index (κ1) is 111. The van der Waals surface area contributed by atoms with E-state index in [2.05, 4.69) is 0 Å². The number of carboxylic acid groups (broad SMARTS) is 1. The normalized spacial score (nSPS) is 49.1. The highest BCUT2D eigenvalue weighted by Gasteiger charge is 2.65. The Hall–Kier alpha value is -2.89. The average molecular weight is 1950 g/mol. The third kappa shape index (κ3) is 23.7. The van der Waals surface area contributed by atoms with Crippen LogP contribution < -0.4 is 11.5 Å². The van der Waals surface area contributed by atoms with Gasteiger partial charge in [-0.1, -0.05) is 0 Å². The summed E-state index contributed by atoms with van der Waals surface area (Å²) in [5.74, 6) is -5.54. The first-order valence-corrected chi connectivity index (χ1v) is 41.6. The third-order valence-electron chi connectivity index (χ3n) is 24.4. The van der Waals surface area contributed by atoms with Gasteiger partial charge in [0.1, 0.15) is 262 Å². The van der Waals surface area contributed by atoms with E-state index < -0.39 is 441 Å². The predicted molar refractivity (Wildman–Crippen MR) is 398 cm³/mol. The molecule has 0 amide bonds. The molecule has 0 aliphatic carbocycles. The second kappa shape index (κ2) is 48.3. The Bertz CT molecular complexity index is 3430. The molecule has 0 radical (unpaired) electrons. The molecule has 0 unspecified atom stereocenters. The van der Waals surface area contributed by atoms with Gasteiger partial charge in [0.05, 0.1) is 104 Å². The molecule has 57 atom stereocenters. The molecule has 0 aromatic rings. The van der Waals surface area contributed by atoms with Gasteiger partial charge >= 0.3 is 5.97 Å². The molecule has 132 heavy (non-hydrogen) atoms. The molecule has 10 rings (SSSR count). The van der Waals surface area contributed by atoms with Gasteiger partial charge in [0.25, 0.3) is 5.79 Å². The molecule has 61 nitrogen and oxygen atoms in total. The molecule has 0 spiro atoms. The van der Waals surface area contributed by atoms with Gasteiger partial charge in [-0.15, -0.1) is 0 Å². The van der Waals surface area contributed by atoms with Gasteiger partial charge in [0, 0.05) is 6.42 Å². The second-order valence-corrected chi connectivity index (χ2v) is 33.2. The fourth-order valence-corrected chi connectivity index (χ4v) is 16.5. The van der Waals surface area contributed by atoms with Crippen LogP contribution in [0.15, 0.2) is 0 Å². The summed E-state index contributed by atoms with van der Waals surface area (Å²) >= 11 is 0. The summed E-state index contributed by atoms with van der Waals surface area (Å²) in [6, 6.07) is -3.21. The van der Waals surface area contributed by atoms with Crippen LogP contribution >= 0.6 is 0 Å². The van der Waals surface area contributed by atoms with E-state index in [0.717, 1.165) is 0 Å². The number of hydrogen-bond acceptors (Lipinski definition) is 60. The lowest BCUT2D eigenvalue weighted by Crippen LogP contribution is -2.71. The maximum Gasteiger partial charge on any atom is 0.364 e. The van der Waals surface area contributed by atoms with E-state index in [0.29, 0.717) is 0 Å². The quantitative estimate of drug-likeness (QED) is 0.0271. The van der Waals surface area contributed by atoms with E-state index in [1.807, 2.05) is 0 Å². The van der Waals surface area contributed by atoms with Gasteiger partial charge in [0.2, 0.25) is 0 Å². The first-order chi connectivity index (χ1) is 62.3. The lowest BCUT2D eigenvalue weighted by Gasteiger charge is -2.53. The molecule has 10 aliphatic heterocycles. The summed E-state index contributed by atoms with van der Waals surface area (Å²) in [7, 11) is 0.